The van der Waals surface area contributed by atoms with Crippen molar-refractivity contribution in [2.75, 3.05) is 0 Å². The zero-order chi connectivity index (χ0) is 9.45. The third-order valence-electron chi connectivity index (χ3n) is 4.35. The Morgan fingerprint density at radius 3 is 3.00 bits per heavy atom. The number of hydrogen-bond donors (Lipinski definition) is 1. The molecule has 2 heteroatoms. The molecule has 2 N–H and O–H groups in total. The van der Waals surface area contributed by atoms with Gasteiger partial charge in [-0.1, -0.05) is 6.07 Å². The number of carbonyl (C=O) groups is 1. The van der Waals surface area contributed by atoms with E-state index in [1.807, 2.05) is 12.1 Å². The quantitative estimate of drug-likeness (QED) is 0.709. The van der Waals surface area contributed by atoms with Gasteiger partial charge in [-0.15, -0.1) is 0 Å². The first-order valence-corrected chi connectivity index (χ1v) is 5.21. The maximum absolute atomic E-state index is 11.0. The molecule has 2 fully saturated rings. The first kappa shape index (κ1) is 7.04. The Morgan fingerprint density at radius 1 is 1.36 bits per heavy atom. The molecule has 0 radical (unpaired) electrons. The predicted octanol–water partition coefficient (Wildman–Crippen LogP) is 1.62. The van der Waals surface area contributed by atoms with Gasteiger partial charge in [-0.05, 0) is 53.4 Å². The van der Waals surface area contributed by atoms with Crippen LogP contribution < -0.4 is 5.73 Å². The molecule has 3 aliphatic carbocycles. The Labute approximate surface area is 82.1 Å². The molecule has 0 aliphatic heterocycles. The minimum absolute atomic E-state index is 0.302. The fourth-order valence-corrected chi connectivity index (χ4v) is 3.63. The topological polar surface area (TPSA) is 43.1 Å². The molecule has 70 valence electrons. The predicted molar refractivity (Wildman–Crippen MR) is 52.0 cm³/mol. The summed E-state index contributed by atoms with van der Waals surface area (Å²) in [4.78, 5) is 11.0. The van der Waals surface area contributed by atoms with Gasteiger partial charge in [0.05, 0.1) is 0 Å². The lowest BCUT2D eigenvalue weighted by atomic mass is 9.78. The monoisotopic (exact) mass is 185 g/mol. The van der Waals surface area contributed by atoms with Crippen LogP contribution in [0.15, 0.2) is 18.2 Å². The van der Waals surface area contributed by atoms with Crippen LogP contribution in [0, 0.1) is 11.8 Å². The molecule has 0 heterocycles. The van der Waals surface area contributed by atoms with E-state index >= 15 is 0 Å². The van der Waals surface area contributed by atoms with Gasteiger partial charge < -0.3 is 5.73 Å². The zero-order valence-electron chi connectivity index (χ0n) is 7.73. The summed E-state index contributed by atoms with van der Waals surface area (Å²) >= 11 is 0. The van der Waals surface area contributed by atoms with E-state index in [2.05, 4.69) is 6.07 Å². The molecule has 4 atom stereocenters. The smallest absolute Gasteiger partial charge is 0.248 e. The van der Waals surface area contributed by atoms with Crippen molar-refractivity contribution < 1.29 is 4.79 Å². The summed E-state index contributed by atoms with van der Waals surface area (Å²) in [6.45, 7) is 0. The lowest BCUT2D eigenvalue weighted by Gasteiger charge is -2.26. The van der Waals surface area contributed by atoms with Crippen molar-refractivity contribution >= 4 is 5.91 Å². The van der Waals surface area contributed by atoms with Crippen molar-refractivity contribution in [3.63, 3.8) is 0 Å². The second-order valence-electron chi connectivity index (χ2n) is 4.82. The molecule has 0 spiro atoms. The van der Waals surface area contributed by atoms with Gasteiger partial charge in [-0.3, -0.25) is 4.79 Å². The van der Waals surface area contributed by atoms with Crippen LogP contribution in [0.5, 0.6) is 0 Å². The number of benzene rings is 1. The molecule has 0 unspecified atom stereocenters. The maximum Gasteiger partial charge on any atom is 0.248 e. The number of rotatable bonds is 1. The van der Waals surface area contributed by atoms with Crippen LogP contribution in [0.25, 0.3) is 0 Å². The minimum atomic E-state index is -0.302. The first-order chi connectivity index (χ1) is 6.77. The number of nitrogens with two attached hydrogens (primary N) is 1. The van der Waals surface area contributed by atoms with Gasteiger partial charge >= 0.3 is 0 Å². The third-order valence-corrected chi connectivity index (χ3v) is 4.35. The van der Waals surface area contributed by atoms with E-state index in [0.717, 1.165) is 23.7 Å². The molecule has 14 heavy (non-hydrogen) atoms. The number of hydrogen-bond acceptors (Lipinski definition) is 1. The van der Waals surface area contributed by atoms with Crippen LogP contribution in [0.3, 0.4) is 0 Å². The summed E-state index contributed by atoms with van der Waals surface area (Å²) in [6.07, 6.45) is 1.35. The molecule has 0 aromatic heterocycles. The van der Waals surface area contributed by atoms with E-state index < -0.39 is 0 Å². The summed E-state index contributed by atoms with van der Waals surface area (Å²) in [5.74, 6) is 3.24. The summed E-state index contributed by atoms with van der Waals surface area (Å²) in [7, 11) is 0. The van der Waals surface area contributed by atoms with Gasteiger partial charge in [0.2, 0.25) is 5.91 Å². The Morgan fingerprint density at radius 2 is 2.21 bits per heavy atom. The maximum atomic E-state index is 11.0. The Balaban J connectivity index is 1.90. The normalized spacial score (nSPS) is 39.7. The number of fused-ring (bicyclic) bond motifs is 4. The zero-order valence-corrected chi connectivity index (χ0v) is 7.73. The molecule has 3 aliphatic rings. The fraction of sp³-hybridized carbons (Fsp3) is 0.417. The lowest BCUT2D eigenvalue weighted by Crippen LogP contribution is -2.17. The first-order valence-electron chi connectivity index (χ1n) is 5.21. The van der Waals surface area contributed by atoms with Crippen molar-refractivity contribution in [2.24, 2.45) is 17.6 Å². The Hall–Kier alpha value is -1.31. The van der Waals surface area contributed by atoms with E-state index in [0.29, 0.717) is 5.56 Å². The molecule has 0 saturated heterocycles. The number of primary amides is 1. The minimum Gasteiger partial charge on any atom is -0.366 e. The van der Waals surface area contributed by atoms with Crippen LogP contribution in [0.4, 0.5) is 0 Å². The summed E-state index contributed by atoms with van der Waals surface area (Å²) < 4.78 is 0. The summed E-state index contributed by atoms with van der Waals surface area (Å²) in [6, 6.07) is 6.01. The van der Waals surface area contributed by atoms with Gasteiger partial charge in [0.1, 0.15) is 0 Å². The van der Waals surface area contributed by atoms with Crippen molar-refractivity contribution in [1.29, 1.82) is 0 Å². The SMILES string of the molecule is NC(=O)c1ccc2c(c1)[C@@H]1C[C@@H]3[C@H]2[C@@H]31. The number of carbonyl (C=O) groups excluding carboxylic acids is 1. The Kier molecular flexibility index (Phi) is 0.944. The molecule has 0 bridgehead atoms. The summed E-state index contributed by atoms with van der Waals surface area (Å²) in [5.41, 5.74) is 8.86. The van der Waals surface area contributed by atoms with Crippen molar-refractivity contribution in [2.45, 2.75) is 18.3 Å². The molecule has 2 nitrogen and oxygen atoms in total. The molecule has 1 amide bonds. The average molecular weight is 185 g/mol. The van der Waals surface area contributed by atoms with Gasteiger partial charge in [-0.25, -0.2) is 0 Å². The Bertz CT molecular complexity index is 465. The molecule has 2 saturated carbocycles. The highest BCUT2D eigenvalue weighted by molar-refractivity contribution is 5.93. The van der Waals surface area contributed by atoms with E-state index in [9.17, 15) is 4.79 Å². The largest absolute Gasteiger partial charge is 0.366 e. The van der Waals surface area contributed by atoms with Crippen molar-refractivity contribution in [1.82, 2.24) is 0 Å². The van der Waals surface area contributed by atoms with E-state index in [4.69, 9.17) is 5.73 Å². The molecular weight excluding hydrogens is 174 g/mol. The van der Waals surface area contributed by atoms with Crippen LogP contribution in [-0.2, 0) is 0 Å². The van der Waals surface area contributed by atoms with Crippen molar-refractivity contribution in [3.8, 4) is 0 Å². The van der Waals surface area contributed by atoms with Crippen LogP contribution in [0.1, 0.15) is 39.7 Å². The highest BCUT2D eigenvalue weighted by Crippen LogP contribution is 2.78. The van der Waals surface area contributed by atoms with Gasteiger partial charge in [-0.2, -0.15) is 0 Å². The highest BCUT2D eigenvalue weighted by atomic mass is 16.1. The second-order valence-corrected chi connectivity index (χ2v) is 4.82. The van der Waals surface area contributed by atoms with E-state index in [1.165, 1.54) is 17.5 Å². The van der Waals surface area contributed by atoms with E-state index in [1.54, 1.807) is 0 Å². The average Bonchev–Trinajstić information content (AvgIpc) is 2.62. The number of amides is 1. The molecule has 1 aromatic rings. The standard InChI is InChI=1S/C12H11NO/c13-12(14)5-1-2-6-7(3-5)8-4-9-10(6)11(8)9/h1-3,8-11H,4H2,(H2,13,14)/t8-,9+,10-,11+/m0/s1. The molecular formula is C12H11NO. The van der Waals surface area contributed by atoms with Crippen LogP contribution in [0.2, 0.25) is 0 Å². The summed E-state index contributed by atoms with van der Waals surface area (Å²) in [5, 5.41) is 0. The third kappa shape index (κ3) is 0.578. The van der Waals surface area contributed by atoms with Crippen LogP contribution in [-0.4, -0.2) is 5.91 Å². The van der Waals surface area contributed by atoms with Crippen molar-refractivity contribution in [3.05, 3.63) is 34.9 Å². The second kappa shape index (κ2) is 1.88. The lowest BCUT2D eigenvalue weighted by molar-refractivity contribution is 0.1000. The fourth-order valence-electron chi connectivity index (χ4n) is 3.63. The molecule has 1 aromatic carbocycles. The highest BCUT2D eigenvalue weighted by Gasteiger charge is 2.68. The van der Waals surface area contributed by atoms with Crippen LogP contribution >= 0.6 is 0 Å². The molecule has 4 rings (SSSR count). The van der Waals surface area contributed by atoms with E-state index in [-0.39, 0.29) is 5.91 Å². The van der Waals surface area contributed by atoms with Gasteiger partial charge in [0, 0.05) is 5.56 Å². The van der Waals surface area contributed by atoms with Gasteiger partial charge in [0.25, 0.3) is 0 Å². The van der Waals surface area contributed by atoms with Gasteiger partial charge in [0.15, 0.2) is 0 Å².